The van der Waals surface area contributed by atoms with E-state index >= 15 is 0 Å². The highest BCUT2D eigenvalue weighted by Crippen LogP contribution is 2.22. The second kappa shape index (κ2) is 4.05. The molecule has 3 rings (SSSR count). The summed E-state index contributed by atoms with van der Waals surface area (Å²) < 4.78 is 1.06. The molecule has 0 amide bonds. The van der Waals surface area contributed by atoms with Crippen molar-refractivity contribution < 1.29 is 4.79 Å². The Morgan fingerprint density at radius 1 is 1.24 bits per heavy atom. The van der Waals surface area contributed by atoms with Gasteiger partial charge in [-0.15, -0.1) is 22.7 Å². The number of pyridine rings is 1. The molecular weight excluding hydrogens is 250 g/mol. The molecule has 0 spiro atoms. The van der Waals surface area contributed by atoms with Gasteiger partial charge in [-0.25, -0.2) is 0 Å². The van der Waals surface area contributed by atoms with Crippen LogP contribution in [0.15, 0.2) is 35.2 Å². The Morgan fingerprint density at radius 2 is 2.12 bits per heavy atom. The number of rotatable bonds is 2. The number of thiophene rings is 2. The zero-order valence-electron chi connectivity index (χ0n) is 9.14. The average Bonchev–Trinajstić information content (AvgIpc) is 2.95. The monoisotopic (exact) mass is 259 g/mol. The lowest BCUT2D eigenvalue weighted by atomic mass is 10.1. The second-order valence-electron chi connectivity index (χ2n) is 3.80. The summed E-state index contributed by atoms with van der Waals surface area (Å²) in [5, 5.41) is 3.89. The molecule has 4 heteroatoms. The summed E-state index contributed by atoms with van der Waals surface area (Å²) in [5.41, 5.74) is 2.37. The number of aromatic nitrogens is 1. The number of aryl methyl sites for hydroxylation is 1. The first kappa shape index (κ1) is 10.6. The third kappa shape index (κ3) is 1.90. The molecule has 0 aromatic carbocycles. The van der Waals surface area contributed by atoms with Crippen molar-refractivity contribution in [3.63, 3.8) is 0 Å². The standard InChI is InChI=1S/C13H9NOS2/c1-8-4-10(7-17-8)13(15)9-5-12-11(14-6-9)2-3-16-12/h2-7H,1H3. The molecule has 2 nitrogen and oxygen atoms in total. The van der Waals surface area contributed by atoms with E-state index in [4.69, 9.17) is 0 Å². The van der Waals surface area contributed by atoms with Gasteiger partial charge in [0.15, 0.2) is 5.78 Å². The summed E-state index contributed by atoms with van der Waals surface area (Å²) in [4.78, 5) is 17.6. The summed E-state index contributed by atoms with van der Waals surface area (Å²) in [6, 6.07) is 5.80. The lowest BCUT2D eigenvalue weighted by Gasteiger charge is -1.97. The lowest BCUT2D eigenvalue weighted by Crippen LogP contribution is -1.99. The molecule has 17 heavy (non-hydrogen) atoms. The molecule has 0 radical (unpaired) electrons. The maximum atomic E-state index is 12.2. The number of hydrogen-bond acceptors (Lipinski definition) is 4. The zero-order valence-corrected chi connectivity index (χ0v) is 10.8. The van der Waals surface area contributed by atoms with Gasteiger partial charge in [0.25, 0.3) is 0 Å². The summed E-state index contributed by atoms with van der Waals surface area (Å²) in [6.45, 7) is 2.00. The van der Waals surface area contributed by atoms with Crippen LogP contribution in [0, 0.1) is 6.92 Å². The Hall–Kier alpha value is -1.52. The van der Waals surface area contributed by atoms with E-state index in [1.54, 1.807) is 28.9 Å². The molecule has 0 saturated heterocycles. The van der Waals surface area contributed by atoms with Crippen LogP contribution in [-0.2, 0) is 0 Å². The third-order valence-electron chi connectivity index (χ3n) is 2.56. The van der Waals surface area contributed by atoms with Gasteiger partial charge in [0.05, 0.1) is 10.2 Å². The molecule has 0 N–H and O–H groups in total. The molecule has 3 aromatic rings. The Kier molecular flexibility index (Phi) is 2.53. The van der Waals surface area contributed by atoms with Gasteiger partial charge in [-0.3, -0.25) is 9.78 Å². The fraction of sp³-hybridized carbons (Fsp3) is 0.0769. The van der Waals surface area contributed by atoms with Crippen LogP contribution in [0.5, 0.6) is 0 Å². The average molecular weight is 259 g/mol. The topological polar surface area (TPSA) is 30.0 Å². The van der Waals surface area contributed by atoms with Crippen molar-refractivity contribution in [1.29, 1.82) is 0 Å². The molecule has 0 saturated carbocycles. The first-order valence-electron chi connectivity index (χ1n) is 5.17. The van der Waals surface area contributed by atoms with Gasteiger partial charge in [-0.2, -0.15) is 0 Å². The van der Waals surface area contributed by atoms with Crippen molar-refractivity contribution in [1.82, 2.24) is 4.98 Å². The van der Waals surface area contributed by atoms with E-state index in [1.165, 1.54) is 0 Å². The quantitative estimate of drug-likeness (QED) is 0.653. The largest absolute Gasteiger partial charge is 0.289 e. The van der Waals surface area contributed by atoms with Crippen molar-refractivity contribution in [2.45, 2.75) is 6.92 Å². The van der Waals surface area contributed by atoms with Crippen molar-refractivity contribution in [2.75, 3.05) is 0 Å². The smallest absolute Gasteiger partial charge is 0.195 e. The first-order valence-corrected chi connectivity index (χ1v) is 6.93. The van der Waals surface area contributed by atoms with Gasteiger partial charge in [0.2, 0.25) is 0 Å². The molecule has 84 valence electrons. The van der Waals surface area contributed by atoms with Crippen LogP contribution in [0.1, 0.15) is 20.8 Å². The minimum Gasteiger partial charge on any atom is -0.289 e. The van der Waals surface area contributed by atoms with E-state index in [1.807, 2.05) is 35.9 Å². The first-order chi connectivity index (χ1) is 8.24. The van der Waals surface area contributed by atoms with E-state index < -0.39 is 0 Å². The van der Waals surface area contributed by atoms with Crippen molar-refractivity contribution in [3.8, 4) is 0 Å². The van der Waals surface area contributed by atoms with Gasteiger partial charge in [-0.05, 0) is 30.5 Å². The van der Waals surface area contributed by atoms with Crippen molar-refractivity contribution in [3.05, 3.63) is 51.2 Å². The summed E-state index contributed by atoms with van der Waals surface area (Å²) in [7, 11) is 0. The highest BCUT2D eigenvalue weighted by Gasteiger charge is 2.11. The van der Waals surface area contributed by atoms with Crippen LogP contribution < -0.4 is 0 Å². The predicted molar refractivity (Wildman–Crippen MR) is 72.1 cm³/mol. The molecule has 3 heterocycles. The van der Waals surface area contributed by atoms with Crippen LogP contribution in [0.4, 0.5) is 0 Å². The van der Waals surface area contributed by atoms with Crippen LogP contribution in [0.3, 0.4) is 0 Å². The Balaban J connectivity index is 2.05. The number of nitrogens with zero attached hydrogens (tertiary/aromatic N) is 1. The summed E-state index contributed by atoms with van der Waals surface area (Å²) >= 11 is 3.20. The van der Waals surface area contributed by atoms with Crippen LogP contribution >= 0.6 is 22.7 Å². The predicted octanol–water partition coefficient (Wildman–Crippen LogP) is 3.90. The normalized spacial score (nSPS) is 10.9. The van der Waals surface area contributed by atoms with E-state index in [-0.39, 0.29) is 5.78 Å². The molecule has 0 aliphatic carbocycles. The Bertz CT molecular complexity index is 696. The highest BCUT2D eigenvalue weighted by atomic mass is 32.1. The maximum Gasteiger partial charge on any atom is 0.195 e. The van der Waals surface area contributed by atoms with E-state index in [2.05, 4.69) is 4.98 Å². The SMILES string of the molecule is Cc1cc(C(=O)c2cnc3ccsc3c2)cs1. The maximum absolute atomic E-state index is 12.2. The van der Waals surface area contributed by atoms with Gasteiger partial charge in [0.1, 0.15) is 0 Å². The van der Waals surface area contributed by atoms with Gasteiger partial charge < -0.3 is 0 Å². The minimum absolute atomic E-state index is 0.0529. The Morgan fingerprint density at radius 3 is 2.88 bits per heavy atom. The summed E-state index contributed by atoms with van der Waals surface area (Å²) in [5.74, 6) is 0.0529. The molecule has 3 aromatic heterocycles. The van der Waals surface area contributed by atoms with Crippen molar-refractivity contribution >= 4 is 38.7 Å². The molecular formula is C13H9NOS2. The van der Waals surface area contributed by atoms with Crippen LogP contribution in [0.25, 0.3) is 10.2 Å². The van der Waals surface area contributed by atoms with Gasteiger partial charge >= 0.3 is 0 Å². The van der Waals surface area contributed by atoms with Crippen LogP contribution in [0.2, 0.25) is 0 Å². The van der Waals surface area contributed by atoms with Gasteiger partial charge in [-0.1, -0.05) is 0 Å². The van der Waals surface area contributed by atoms with Gasteiger partial charge in [0, 0.05) is 27.6 Å². The fourth-order valence-electron chi connectivity index (χ4n) is 1.70. The van der Waals surface area contributed by atoms with Crippen LogP contribution in [-0.4, -0.2) is 10.8 Å². The highest BCUT2D eigenvalue weighted by molar-refractivity contribution is 7.17. The molecule has 0 fully saturated rings. The molecule has 0 aliphatic heterocycles. The molecule has 0 aliphatic rings. The number of carbonyl (C=O) groups is 1. The number of fused-ring (bicyclic) bond motifs is 1. The number of ketones is 1. The molecule has 0 bridgehead atoms. The number of carbonyl (C=O) groups excluding carboxylic acids is 1. The van der Waals surface area contributed by atoms with E-state index in [0.29, 0.717) is 5.56 Å². The molecule has 0 unspecified atom stereocenters. The van der Waals surface area contributed by atoms with Crippen molar-refractivity contribution in [2.24, 2.45) is 0 Å². The third-order valence-corrected chi connectivity index (χ3v) is 4.27. The van der Waals surface area contributed by atoms with E-state index in [0.717, 1.165) is 20.7 Å². The lowest BCUT2D eigenvalue weighted by molar-refractivity contribution is 0.103. The molecule has 0 atom stereocenters. The Labute approximate surface area is 107 Å². The fourth-order valence-corrected chi connectivity index (χ4v) is 3.16. The number of hydrogen-bond donors (Lipinski definition) is 0. The second-order valence-corrected chi connectivity index (χ2v) is 5.87. The minimum atomic E-state index is 0.0529. The van der Waals surface area contributed by atoms with E-state index in [9.17, 15) is 4.79 Å². The zero-order chi connectivity index (χ0) is 11.8. The summed E-state index contributed by atoms with van der Waals surface area (Å²) in [6.07, 6.45) is 1.66.